The number of hydrogen-bond acceptors (Lipinski definition) is 6. The van der Waals surface area contributed by atoms with E-state index < -0.39 is 9.84 Å². The summed E-state index contributed by atoms with van der Waals surface area (Å²) in [5.74, 6) is 0.0918. The minimum Gasteiger partial charge on any atom is -0.379 e. The van der Waals surface area contributed by atoms with Gasteiger partial charge in [-0.3, -0.25) is 9.69 Å². The summed E-state index contributed by atoms with van der Waals surface area (Å²) in [6.45, 7) is 7.13. The molecule has 9 heteroatoms. The first kappa shape index (κ1) is 28.5. The molecular formula is C31H40N4O4S. The summed E-state index contributed by atoms with van der Waals surface area (Å²) < 4.78 is 34.8. The van der Waals surface area contributed by atoms with Crippen molar-refractivity contribution in [3.05, 3.63) is 83.2 Å². The van der Waals surface area contributed by atoms with Gasteiger partial charge in [-0.2, -0.15) is 0 Å². The van der Waals surface area contributed by atoms with Gasteiger partial charge in [-0.25, -0.2) is 13.4 Å². The van der Waals surface area contributed by atoms with Crippen molar-refractivity contribution in [3.63, 3.8) is 0 Å². The van der Waals surface area contributed by atoms with Gasteiger partial charge in [-0.1, -0.05) is 67.4 Å². The second-order valence-electron chi connectivity index (χ2n) is 11.0. The summed E-state index contributed by atoms with van der Waals surface area (Å²) in [5.41, 5.74) is 3.42. The maximum Gasteiger partial charge on any atom is 0.228 e. The average molecular weight is 565 g/mol. The quantitative estimate of drug-likeness (QED) is 0.349. The van der Waals surface area contributed by atoms with E-state index in [0.29, 0.717) is 32.8 Å². The Morgan fingerprint density at radius 2 is 1.73 bits per heavy atom. The number of sulfone groups is 1. The van der Waals surface area contributed by atoms with E-state index in [9.17, 15) is 13.2 Å². The van der Waals surface area contributed by atoms with Crippen LogP contribution in [0.4, 0.5) is 0 Å². The van der Waals surface area contributed by atoms with Crippen LogP contribution < -0.4 is 0 Å². The van der Waals surface area contributed by atoms with E-state index in [-0.39, 0.29) is 22.7 Å². The molecule has 8 nitrogen and oxygen atoms in total. The van der Waals surface area contributed by atoms with Gasteiger partial charge in [0.2, 0.25) is 20.9 Å². The minimum absolute atomic E-state index is 0.0412. The van der Waals surface area contributed by atoms with E-state index in [2.05, 4.69) is 9.88 Å². The van der Waals surface area contributed by atoms with Crippen LogP contribution in [0, 0.1) is 12.8 Å². The van der Waals surface area contributed by atoms with Gasteiger partial charge < -0.3 is 14.2 Å². The van der Waals surface area contributed by atoms with E-state index in [1.54, 1.807) is 10.8 Å². The fraction of sp³-hybridized carbons (Fsp3) is 0.484. The van der Waals surface area contributed by atoms with Crippen molar-refractivity contribution in [2.75, 3.05) is 39.4 Å². The number of rotatable bonds is 11. The van der Waals surface area contributed by atoms with Gasteiger partial charge in [0.05, 0.1) is 43.9 Å². The van der Waals surface area contributed by atoms with Gasteiger partial charge in [-0.05, 0) is 36.5 Å². The topological polar surface area (TPSA) is 84.7 Å². The van der Waals surface area contributed by atoms with Crippen LogP contribution in [0.15, 0.2) is 66.0 Å². The van der Waals surface area contributed by atoms with E-state index in [1.165, 1.54) is 0 Å². The van der Waals surface area contributed by atoms with Gasteiger partial charge in [0.15, 0.2) is 0 Å². The molecule has 1 aliphatic carbocycles. The number of benzene rings is 2. The van der Waals surface area contributed by atoms with Crippen molar-refractivity contribution in [3.8, 4) is 0 Å². The first-order valence-corrected chi connectivity index (χ1v) is 16.0. The maximum atomic E-state index is 13.8. The highest BCUT2D eigenvalue weighted by Crippen LogP contribution is 2.28. The molecule has 2 fully saturated rings. The van der Waals surface area contributed by atoms with E-state index in [1.807, 2.05) is 66.4 Å². The molecule has 2 heterocycles. The van der Waals surface area contributed by atoms with Crippen LogP contribution in [-0.2, 0) is 38.2 Å². The van der Waals surface area contributed by atoms with Crippen LogP contribution in [0.1, 0.15) is 48.1 Å². The molecule has 1 aliphatic heterocycles. The molecule has 40 heavy (non-hydrogen) atoms. The third-order valence-corrected chi connectivity index (χ3v) is 9.70. The Balaban J connectivity index is 1.45. The normalized spacial score (nSPS) is 16.8. The van der Waals surface area contributed by atoms with Gasteiger partial charge in [-0.15, -0.1) is 0 Å². The molecule has 1 aromatic heterocycles. The Kier molecular flexibility index (Phi) is 9.34. The monoisotopic (exact) mass is 564 g/mol. The van der Waals surface area contributed by atoms with Gasteiger partial charge >= 0.3 is 0 Å². The Morgan fingerprint density at radius 3 is 2.45 bits per heavy atom. The van der Waals surface area contributed by atoms with Crippen LogP contribution in [0.5, 0.6) is 0 Å². The van der Waals surface area contributed by atoms with Crippen molar-refractivity contribution < 1.29 is 17.9 Å². The molecule has 0 unspecified atom stereocenters. The number of aromatic nitrogens is 2. The third kappa shape index (κ3) is 7.00. The summed E-state index contributed by atoms with van der Waals surface area (Å²) in [7, 11) is -3.74. The Bertz CT molecular complexity index is 1380. The molecule has 1 saturated heterocycles. The van der Waals surface area contributed by atoms with E-state index >= 15 is 0 Å². The lowest BCUT2D eigenvalue weighted by Crippen LogP contribution is -2.44. The number of carbonyl (C=O) groups excluding carboxylic acids is 1. The minimum atomic E-state index is -3.74. The fourth-order valence-electron chi connectivity index (χ4n) is 5.72. The summed E-state index contributed by atoms with van der Waals surface area (Å²) in [6, 6.07) is 17.4. The van der Waals surface area contributed by atoms with Crippen molar-refractivity contribution in [1.29, 1.82) is 0 Å². The molecule has 1 amide bonds. The van der Waals surface area contributed by atoms with Gasteiger partial charge in [0, 0.05) is 32.1 Å². The summed E-state index contributed by atoms with van der Waals surface area (Å²) in [5, 5.41) is 0.0519. The predicted molar refractivity (Wildman–Crippen MR) is 154 cm³/mol. The molecule has 2 aromatic carbocycles. The van der Waals surface area contributed by atoms with Crippen molar-refractivity contribution in [2.24, 2.45) is 5.92 Å². The highest BCUT2D eigenvalue weighted by Gasteiger charge is 2.30. The van der Waals surface area contributed by atoms with Crippen LogP contribution >= 0.6 is 0 Å². The van der Waals surface area contributed by atoms with Gasteiger partial charge in [0.25, 0.3) is 0 Å². The number of nitrogens with zero attached hydrogens (tertiary/aromatic N) is 4. The molecule has 0 N–H and O–H groups in total. The molecular weight excluding hydrogens is 524 g/mol. The first-order valence-electron chi connectivity index (χ1n) is 14.4. The number of ether oxygens (including phenoxy) is 1. The summed E-state index contributed by atoms with van der Waals surface area (Å²) in [4.78, 5) is 22.5. The van der Waals surface area contributed by atoms with Crippen LogP contribution in [-0.4, -0.2) is 73.1 Å². The van der Waals surface area contributed by atoms with Crippen molar-refractivity contribution >= 4 is 15.7 Å². The second kappa shape index (κ2) is 13.1. The first-order chi connectivity index (χ1) is 19.4. The number of hydrogen-bond donors (Lipinski definition) is 0. The van der Waals surface area contributed by atoms with Gasteiger partial charge in [0.1, 0.15) is 0 Å². The zero-order valence-electron chi connectivity index (χ0n) is 23.4. The molecule has 3 aromatic rings. The number of carbonyl (C=O) groups is 1. The van der Waals surface area contributed by atoms with E-state index in [0.717, 1.165) is 67.7 Å². The summed E-state index contributed by atoms with van der Waals surface area (Å²) in [6.07, 6.45) is 5.66. The van der Waals surface area contributed by atoms with Crippen molar-refractivity contribution in [2.45, 2.75) is 56.6 Å². The molecule has 1 saturated carbocycles. The standard InChI is InChI=1S/C31H40N4O4S/c1-25-9-5-6-14-28(25)24-40(37,38)31-32-21-29(35(31)22-26-10-3-2-4-11-26)23-34(30(36)27-12-7-8-13-27)16-15-33-17-19-39-20-18-33/h2-6,9-11,14,21,27H,7-8,12-13,15-20,22-24H2,1H3. The third-order valence-electron chi connectivity index (χ3n) is 8.13. The Morgan fingerprint density at radius 1 is 1.02 bits per heavy atom. The number of aryl methyl sites for hydroxylation is 1. The molecule has 214 valence electrons. The second-order valence-corrected chi connectivity index (χ2v) is 12.9. The number of amides is 1. The lowest BCUT2D eigenvalue weighted by molar-refractivity contribution is -0.136. The highest BCUT2D eigenvalue weighted by atomic mass is 32.2. The molecule has 0 radical (unpaired) electrons. The van der Waals surface area contributed by atoms with Crippen LogP contribution in [0.2, 0.25) is 0 Å². The molecule has 0 atom stereocenters. The molecule has 5 rings (SSSR count). The number of imidazole rings is 1. The lowest BCUT2D eigenvalue weighted by Gasteiger charge is -2.31. The summed E-state index contributed by atoms with van der Waals surface area (Å²) >= 11 is 0. The largest absolute Gasteiger partial charge is 0.379 e. The Labute approximate surface area is 237 Å². The molecule has 0 spiro atoms. The Hall–Kier alpha value is -3.01. The highest BCUT2D eigenvalue weighted by molar-refractivity contribution is 7.90. The predicted octanol–water partition coefficient (Wildman–Crippen LogP) is 4.06. The lowest BCUT2D eigenvalue weighted by atomic mass is 10.1. The maximum absolute atomic E-state index is 13.8. The SMILES string of the molecule is Cc1ccccc1CS(=O)(=O)c1ncc(CN(CCN2CCOCC2)C(=O)C2CCCC2)n1Cc1ccccc1. The zero-order chi connectivity index (χ0) is 28.0. The van der Waals surface area contributed by atoms with Crippen molar-refractivity contribution in [1.82, 2.24) is 19.4 Å². The van der Waals surface area contributed by atoms with Crippen LogP contribution in [0.25, 0.3) is 0 Å². The molecule has 2 aliphatic rings. The van der Waals surface area contributed by atoms with E-state index in [4.69, 9.17) is 4.74 Å². The smallest absolute Gasteiger partial charge is 0.228 e. The fourth-order valence-corrected chi connectivity index (χ4v) is 7.32. The zero-order valence-corrected chi connectivity index (χ0v) is 24.2. The average Bonchev–Trinajstić information content (AvgIpc) is 3.64. The molecule has 0 bridgehead atoms. The van der Waals surface area contributed by atoms with Crippen LogP contribution in [0.3, 0.4) is 0 Å². The number of morpholine rings is 1.